The molecule has 0 aliphatic heterocycles. The zero-order valence-corrected chi connectivity index (χ0v) is 12.2. The molecule has 3 nitrogen and oxygen atoms in total. The monoisotopic (exact) mass is 317 g/mol. The van der Waals surface area contributed by atoms with Crippen LogP contribution in [-0.2, 0) is 0 Å². The minimum atomic E-state index is 0.604. The van der Waals surface area contributed by atoms with E-state index in [2.05, 4.69) is 32.6 Å². The molecule has 0 atom stereocenters. The predicted molar refractivity (Wildman–Crippen MR) is 80.0 cm³/mol. The summed E-state index contributed by atoms with van der Waals surface area (Å²) < 4.78 is 3.38. The van der Waals surface area contributed by atoms with E-state index in [1.807, 2.05) is 12.1 Å². The molecule has 0 amide bonds. The van der Waals surface area contributed by atoms with Crippen LogP contribution in [-0.4, -0.2) is 9.55 Å². The fourth-order valence-corrected chi connectivity index (χ4v) is 2.89. The number of anilines is 1. The standard InChI is InChI=1S/C15H16BrN3/c16-11-5-3-9(4-6-11)13-14(17)19(12-7-8-12)15(18-13)10-1-2-10/h3-6,10,12H,1-2,7-8,17H2. The number of halogens is 1. The highest BCUT2D eigenvalue weighted by molar-refractivity contribution is 9.10. The number of rotatable bonds is 3. The van der Waals surface area contributed by atoms with E-state index in [-0.39, 0.29) is 0 Å². The summed E-state index contributed by atoms with van der Waals surface area (Å²) in [6, 6.07) is 8.85. The maximum Gasteiger partial charge on any atom is 0.132 e. The second-order valence-corrected chi connectivity index (χ2v) is 6.50. The minimum Gasteiger partial charge on any atom is -0.383 e. The Labute approximate surface area is 121 Å². The van der Waals surface area contributed by atoms with E-state index in [4.69, 9.17) is 10.7 Å². The van der Waals surface area contributed by atoms with Gasteiger partial charge in [-0.15, -0.1) is 0 Å². The van der Waals surface area contributed by atoms with Gasteiger partial charge in [-0.25, -0.2) is 4.98 Å². The Morgan fingerprint density at radius 1 is 1.11 bits per heavy atom. The fraction of sp³-hybridized carbons (Fsp3) is 0.400. The molecular formula is C15H16BrN3. The molecule has 4 rings (SSSR count). The van der Waals surface area contributed by atoms with Crippen LogP contribution in [0, 0.1) is 0 Å². The lowest BCUT2D eigenvalue weighted by Gasteiger charge is -2.07. The summed E-state index contributed by atoms with van der Waals surface area (Å²) in [4.78, 5) is 4.86. The van der Waals surface area contributed by atoms with Crippen LogP contribution in [0.15, 0.2) is 28.7 Å². The van der Waals surface area contributed by atoms with Crippen LogP contribution < -0.4 is 5.73 Å². The van der Waals surface area contributed by atoms with Crippen LogP contribution in [0.5, 0.6) is 0 Å². The molecule has 98 valence electrons. The summed E-state index contributed by atoms with van der Waals surface area (Å²) in [6.07, 6.45) is 5.03. The van der Waals surface area contributed by atoms with Gasteiger partial charge in [0.2, 0.25) is 0 Å². The molecule has 0 spiro atoms. The van der Waals surface area contributed by atoms with Crippen LogP contribution in [0.4, 0.5) is 5.82 Å². The van der Waals surface area contributed by atoms with E-state index in [1.165, 1.54) is 31.5 Å². The zero-order valence-electron chi connectivity index (χ0n) is 10.6. The zero-order chi connectivity index (χ0) is 13.0. The number of nitrogen functional groups attached to an aromatic ring is 1. The third kappa shape index (κ3) is 1.98. The number of hydrogen-bond donors (Lipinski definition) is 1. The van der Waals surface area contributed by atoms with Gasteiger partial charge in [0.1, 0.15) is 17.3 Å². The molecule has 1 aromatic carbocycles. The lowest BCUT2D eigenvalue weighted by Crippen LogP contribution is -2.04. The number of hydrogen-bond acceptors (Lipinski definition) is 2. The van der Waals surface area contributed by atoms with Crippen LogP contribution in [0.1, 0.15) is 43.5 Å². The second kappa shape index (κ2) is 4.10. The van der Waals surface area contributed by atoms with Gasteiger partial charge in [0.25, 0.3) is 0 Å². The number of imidazole rings is 1. The third-order valence-electron chi connectivity index (χ3n) is 3.95. The van der Waals surface area contributed by atoms with Crippen molar-refractivity contribution in [3.05, 3.63) is 34.6 Å². The maximum absolute atomic E-state index is 6.37. The van der Waals surface area contributed by atoms with Crippen LogP contribution in [0.25, 0.3) is 11.3 Å². The molecule has 0 radical (unpaired) electrons. The highest BCUT2D eigenvalue weighted by Crippen LogP contribution is 2.48. The molecule has 2 aliphatic carbocycles. The summed E-state index contributed by atoms with van der Waals surface area (Å²) >= 11 is 3.47. The summed E-state index contributed by atoms with van der Waals surface area (Å²) in [5.41, 5.74) is 8.44. The summed E-state index contributed by atoms with van der Waals surface area (Å²) in [6.45, 7) is 0. The molecule has 0 unspecified atom stereocenters. The van der Waals surface area contributed by atoms with Crippen molar-refractivity contribution in [1.82, 2.24) is 9.55 Å². The Morgan fingerprint density at radius 3 is 2.37 bits per heavy atom. The van der Waals surface area contributed by atoms with E-state index < -0.39 is 0 Å². The molecule has 0 saturated heterocycles. The molecule has 2 fully saturated rings. The topological polar surface area (TPSA) is 43.8 Å². The Hall–Kier alpha value is -1.29. The van der Waals surface area contributed by atoms with Gasteiger partial charge >= 0.3 is 0 Å². The van der Waals surface area contributed by atoms with Crippen molar-refractivity contribution in [3.63, 3.8) is 0 Å². The third-order valence-corrected chi connectivity index (χ3v) is 4.48. The van der Waals surface area contributed by atoms with Crippen LogP contribution >= 0.6 is 15.9 Å². The SMILES string of the molecule is Nc1c(-c2ccc(Br)cc2)nc(C2CC2)n1C1CC1. The molecule has 2 saturated carbocycles. The van der Waals surface area contributed by atoms with Crippen LogP contribution in [0.3, 0.4) is 0 Å². The molecule has 2 N–H and O–H groups in total. The van der Waals surface area contributed by atoms with Crippen molar-refractivity contribution < 1.29 is 0 Å². The Bertz CT molecular complexity index is 622. The van der Waals surface area contributed by atoms with Crippen molar-refractivity contribution in [1.29, 1.82) is 0 Å². The number of nitrogens with zero attached hydrogens (tertiary/aromatic N) is 2. The van der Waals surface area contributed by atoms with E-state index in [1.54, 1.807) is 0 Å². The number of aromatic nitrogens is 2. The molecule has 1 aromatic heterocycles. The fourth-order valence-electron chi connectivity index (χ4n) is 2.63. The summed E-state index contributed by atoms with van der Waals surface area (Å²) in [5.74, 6) is 2.72. The predicted octanol–water partition coefficient (Wildman–Crippen LogP) is 4.11. The Kier molecular flexibility index (Phi) is 2.49. The average molecular weight is 318 g/mol. The molecule has 2 aromatic rings. The van der Waals surface area contributed by atoms with Gasteiger partial charge in [-0.2, -0.15) is 0 Å². The van der Waals surface area contributed by atoms with Crippen LogP contribution in [0.2, 0.25) is 0 Å². The molecule has 19 heavy (non-hydrogen) atoms. The quantitative estimate of drug-likeness (QED) is 0.925. The van der Waals surface area contributed by atoms with Gasteiger partial charge in [-0.3, -0.25) is 0 Å². The number of nitrogens with two attached hydrogens (primary N) is 1. The van der Waals surface area contributed by atoms with Gasteiger partial charge < -0.3 is 10.3 Å². The Balaban J connectivity index is 1.83. The van der Waals surface area contributed by atoms with Gasteiger partial charge in [0.15, 0.2) is 0 Å². The molecular weight excluding hydrogens is 302 g/mol. The first-order chi connectivity index (χ1) is 9.24. The van der Waals surface area contributed by atoms with Crippen molar-refractivity contribution in [2.24, 2.45) is 0 Å². The van der Waals surface area contributed by atoms with Crippen molar-refractivity contribution in [3.8, 4) is 11.3 Å². The summed E-state index contributed by atoms with van der Waals surface area (Å²) in [7, 11) is 0. The van der Waals surface area contributed by atoms with Gasteiger partial charge in [0, 0.05) is 22.0 Å². The van der Waals surface area contributed by atoms with Gasteiger partial charge in [0.05, 0.1) is 0 Å². The van der Waals surface area contributed by atoms with E-state index in [9.17, 15) is 0 Å². The second-order valence-electron chi connectivity index (χ2n) is 5.59. The first-order valence-electron chi connectivity index (χ1n) is 6.87. The van der Waals surface area contributed by atoms with Gasteiger partial charge in [-0.05, 0) is 37.8 Å². The largest absolute Gasteiger partial charge is 0.383 e. The summed E-state index contributed by atoms with van der Waals surface area (Å²) in [5, 5.41) is 0. The lowest BCUT2D eigenvalue weighted by molar-refractivity contribution is 0.691. The Morgan fingerprint density at radius 2 is 1.79 bits per heavy atom. The maximum atomic E-state index is 6.37. The highest BCUT2D eigenvalue weighted by Gasteiger charge is 2.36. The lowest BCUT2D eigenvalue weighted by atomic mass is 10.1. The molecule has 4 heteroatoms. The van der Waals surface area contributed by atoms with Crippen molar-refractivity contribution >= 4 is 21.7 Å². The smallest absolute Gasteiger partial charge is 0.132 e. The van der Waals surface area contributed by atoms with Gasteiger partial charge in [-0.1, -0.05) is 28.1 Å². The first-order valence-corrected chi connectivity index (χ1v) is 7.67. The van der Waals surface area contributed by atoms with E-state index in [0.717, 1.165) is 21.5 Å². The molecule has 0 bridgehead atoms. The molecule has 1 heterocycles. The minimum absolute atomic E-state index is 0.604. The average Bonchev–Trinajstić information content (AvgIpc) is 3.30. The van der Waals surface area contributed by atoms with Crippen molar-refractivity contribution in [2.45, 2.75) is 37.6 Å². The first kappa shape index (κ1) is 11.5. The normalized spacial score (nSPS) is 18.8. The highest BCUT2D eigenvalue weighted by atomic mass is 79.9. The van der Waals surface area contributed by atoms with Crippen molar-refractivity contribution in [2.75, 3.05) is 5.73 Å². The van der Waals surface area contributed by atoms with E-state index in [0.29, 0.717) is 12.0 Å². The number of benzene rings is 1. The van der Waals surface area contributed by atoms with E-state index >= 15 is 0 Å². The molecule has 2 aliphatic rings.